The molecule has 0 aromatic heterocycles. The average Bonchev–Trinajstić information content (AvgIpc) is 3.15. The normalized spacial score (nSPS) is 26.0. The van der Waals surface area contributed by atoms with Crippen molar-refractivity contribution >= 4 is 12.1 Å². The third-order valence-corrected chi connectivity index (χ3v) is 4.95. The van der Waals surface area contributed by atoms with E-state index in [0.717, 1.165) is 9.96 Å². The summed E-state index contributed by atoms with van der Waals surface area (Å²) in [6.07, 6.45) is 0.683. The molecule has 8 nitrogen and oxygen atoms in total. The van der Waals surface area contributed by atoms with Gasteiger partial charge < -0.3 is 14.2 Å². The number of rotatable bonds is 7. The summed E-state index contributed by atoms with van der Waals surface area (Å²) in [6.45, 7) is 9.19. The summed E-state index contributed by atoms with van der Waals surface area (Å²) >= 11 is 0. The number of carbonyl (C=O) groups excluding carboxylic acids is 2. The highest BCUT2D eigenvalue weighted by Crippen LogP contribution is 2.41. The maximum Gasteiger partial charge on any atom is 0.410 e. The highest BCUT2D eigenvalue weighted by Gasteiger charge is 2.62. The van der Waals surface area contributed by atoms with Gasteiger partial charge in [0.25, 0.3) is 5.92 Å². The van der Waals surface area contributed by atoms with Crippen LogP contribution in [0.4, 0.5) is 13.6 Å². The Morgan fingerprint density at radius 2 is 1.97 bits per heavy atom. The van der Waals surface area contributed by atoms with Crippen molar-refractivity contribution in [2.45, 2.75) is 63.3 Å². The average molecular weight is 420 g/mol. The van der Waals surface area contributed by atoms with Crippen molar-refractivity contribution in [2.24, 2.45) is 0 Å². The van der Waals surface area contributed by atoms with E-state index in [4.69, 9.17) is 19.0 Å². The highest BCUT2D eigenvalue weighted by molar-refractivity contribution is 5.79. The summed E-state index contributed by atoms with van der Waals surface area (Å²) in [5.41, 5.74) is -2.13. The van der Waals surface area contributed by atoms with Crippen LogP contribution >= 0.6 is 0 Å². The first-order chi connectivity index (χ1) is 13.3. The van der Waals surface area contributed by atoms with Crippen LogP contribution < -0.4 is 0 Å². The van der Waals surface area contributed by atoms with Gasteiger partial charge in [-0.3, -0.25) is 9.74 Å². The Labute approximate surface area is 169 Å². The van der Waals surface area contributed by atoms with Crippen molar-refractivity contribution in [3.05, 3.63) is 12.7 Å². The lowest BCUT2D eigenvalue weighted by atomic mass is 10.0. The third kappa shape index (κ3) is 5.23. The van der Waals surface area contributed by atoms with E-state index in [1.54, 1.807) is 20.8 Å². The van der Waals surface area contributed by atoms with Crippen LogP contribution in [0.3, 0.4) is 0 Å². The van der Waals surface area contributed by atoms with E-state index >= 15 is 0 Å². The van der Waals surface area contributed by atoms with Crippen molar-refractivity contribution in [1.29, 1.82) is 0 Å². The van der Waals surface area contributed by atoms with Crippen LogP contribution in [-0.4, -0.2) is 84.6 Å². The number of nitrogens with zero attached hydrogens (tertiary/aromatic N) is 2. The number of esters is 1. The lowest BCUT2D eigenvalue weighted by Crippen LogP contribution is -2.48. The second-order valence-corrected chi connectivity index (χ2v) is 8.39. The van der Waals surface area contributed by atoms with E-state index < -0.39 is 47.8 Å². The van der Waals surface area contributed by atoms with Gasteiger partial charge in [-0.25, -0.2) is 18.4 Å². The van der Waals surface area contributed by atoms with E-state index in [1.807, 2.05) is 0 Å². The van der Waals surface area contributed by atoms with Crippen molar-refractivity contribution < 1.29 is 37.4 Å². The smallest absolute Gasteiger partial charge is 0.410 e. The van der Waals surface area contributed by atoms with Gasteiger partial charge in [-0.05, 0) is 27.7 Å². The Hall–Kier alpha value is -1.78. The Morgan fingerprint density at radius 1 is 1.31 bits per heavy atom. The van der Waals surface area contributed by atoms with Crippen LogP contribution in [-0.2, 0) is 23.8 Å². The Bertz CT molecular complexity index is 639. The van der Waals surface area contributed by atoms with Crippen LogP contribution in [0, 0.1) is 0 Å². The van der Waals surface area contributed by atoms with Gasteiger partial charge in [0.05, 0.1) is 19.2 Å². The van der Waals surface area contributed by atoms with Crippen LogP contribution in [0.25, 0.3) is 0 Å². The largest absolute Gasteiger partial charge is 0.459 e. The van der Waals surface area contributed by atoms with E-state index in [9.17, 15) is 18.4 Å². The van der Waals surface area contributed by atoms with Crippen molar-refractivity contribution in [3.8, 4) is 0 Å². The number of hydroxylamine groups is 2. The number of carbonyl (C=O) groups is 2. The summed E-state index contributed by atoms with van der Waals surface area (Å²) in [7, 11) is 1.34. The number of hydrogen-bond acceptors (Lipinski definition) is 7. The minimum Gasteiger partial charge on any atom is -0.459 e. The number of alkyl halides is 2. The van der Waals surface area contributed by atoms with Crippen LogP contribution in [0.2, 0.25) is 0 Å². The van der Waals surface area contributed by atoms with Gasteiger partial charge in [0, 0.05) is 20.1 Å². The fraction of sp³-hybridized carbons (Fsp3) is 0.789. The number of amides is 1. The zero-order chi connectivity index (χ0) is 22.0. The van der Waals surface area contributed by atoms with Gasteiger partial charge in [-0.2, -0.15) is 5.06 Å². The molecule has 166 valence electrons. The summed E-state index contributed by atoms with van der Waals surface area (Å²) in [5.74, 6) is -3.81. The second-order valence-electron chi connectivity index (χ2n) is 8.39. The number of fused-ring (bicyclic) bond motifs is 1. The predicted octanol–water partition coefficient (Wildman–Crippen LogP) is 2.38. The van der Waals surface area contributed by atoms with E-state index in [0.29, 0.717) is 0 Å². The van der Waals surface area contributed by atoms with Gasteiger partial charge in [0.2, 0.25) is 0 Å². The first-order valence-electron chi connectivity index (χ1n) is 9.45. The molecular formula is C19H30F2N2O6. The molecule has 10 heteroatoms. The number of likely N-dealkylation sites (tertiary alicyclic amines) is 1. The summed E-state index contributed by atoms with van der Waals surface area (Å²) in [5, 5.41) is 1.13. The van der Waals surface area contributed by atoms with Gasteiger partial charge in [-0.1, -0.05) is 12.7 Å². The predicted molar refractivity (Wildman–Crippen MR) is 99.3 cm³/mol. The fourth-order valence-electron chi connectivity index (χ4n) is 3.35. The number of halogens is 2. The number of methoxy groups -OCH3 is 1. The summed E-state index contributed by atoms with van der Waals surface area (Å²) in [6, 6.07) is -2.18. The third-order valence-electron chi connectivity index (χ3n) is 4.95. The second kappa shape index (κ2) is 8.53. The maximum atomic E-state index is 14.7. The Morgan fingerprint density at radius 3 is 2.52 bits per heavy atom. The van der Waals surface area contributed by atoms with E-state index in [2.05, 4.69) is 6.58 Å². The molecule has 1 amide bonds. The molecule has 2 rings (SSSR count). The van der Waals surface area contributed by atoms with Gasteiger partial charge in [-0.15, -0.1) is 0 Å². The first kappa shape index (κ1) is 23.5. The topological polar surface area (TPSA) is 77.5 Å². The van der Waals surface area contributed by atoms with E-state index in [-0.39, 0.29) is 26.2 Å². The minimum absolute atomic E-state index is 0.00750. The van der Waals surface area contributed by atoms with Crippen molar-refractivity contribution in [2.75, 3.05) is 33.4 Å². The molecular weight excluding hydrogens is 390 g/mol. The molecule has 0 N–H and O–H groups in total. The molecule has 0 spiro atoms. The maximum absolute atomic E-state index is 14.7. The fourth-order valence-corrected chi connectivity index (χ4v) is 3.35. The van der Waals surface area contributed by atoms with Gasteiger partial charge in [0.15, 0.2) is 5.60 Å². The lowest BCUT2D eigenvalue weighted by molar-refractivity contribution is -0.193. The highest BCUT2D eigenvalue weighted by atomic mass is 19.3. The molecule has 29 heavy (non-hydrogen) atoms. The monoisotopic (exact) mass is 420 g/mol. The zero-order valence-electron chi connectivity index (χ0n) is 17.6. The molecule has 0 saturated carbocycles. The molecule has 0 aromatic rings. The molecule has 2 saturated heterocycles. The van der Waals surface area contributed by atoms with Gasteiger partial charge in [0.1, 0.15) is 18.2 Å². The molecule has 1 unspecified atom stereocenters. The summed E-state index contributed by atoms with van der Waals surface area (Å²) in [4.78, 5) is 31.0. The standard InChI is InChI=1S/C19H30F2N2O6/c1-7-10-27-15(24)18(5,26-6)8-9-23-14-13(11-28-23)22(12-19(14,20)21)16(25)29-17(2,3)4/h7,13-14H,1,8-12H2,2-6H3/t13-,14+,18?/m1/s1. The van der Waals surface area contributed by atoms with Crippen molar-refractivity contribution in [3.63, 3.8) is 0 Å². The number of hydrogen-bond donors (Lipinski definition) is 0. The molecule has 2 heterocycles. The van der Waals surface area contributed by atoms with Crippen LogP contribution in [0.5, 0.6) is 0 Å². The molecule has 0 aliphatic carbocycles. The SMILES string of the molecule is C=CCOC(=O)C(C)(CCN1OC[C@@H]2[C@H]1C(F)(F)CN2C(=O)OC(C)(C)C)OC. The molecule has 0 bridgehead atoms. The Balaban J connectivity index is 2.07. The van der Waals surface area contributed by atoms with Crippen molar-refractivity contribution in [1.82, 2.24) is 9.96 Å². The molecule has 2 fully saturated rings. The van der Waals surface area contributed by atoms with E-state index in [1.165, 1.54) is 20.1 Å². The first-order valence-corrected chi connectivity index (χ1v) is 9.45. The molecule has 0 radical (unpaired) electrons. The Kier molecular flexibility index (Phi) is 6.91. The molecule has 3 atom stereocenters. The summed E-state index contributed by atoms with van der Waals surface area (Å²) < 4.78 is 45.0. The lowest BCUT2D eigenvalue weighted by Gasteiger charge is -2.30. The molecule has 2 aliphatic heterocycles. The minimum atomic E-state index is -3.19. The molecule has 0 aromatic carbocycles. The zero-order valence-corrected chi connectivity index (χ0v) is 17.6. The van der Waals surface area contributed by atoms with Crippen LogP contribution in [0.15, 0.2) is 12.7 Å². The number of ether oxygens (including phenoxy) is 3. The van der Waals surface area contributed by atoms with Crippen LogP contribution in [0.1, 0.15) is 34.1 Å². The van der Waals surface area contributed by atoms with Gasteiger partial charge >= 0.3 is 12.1 Å². The quantitative estimate of drug-likeness (QED) is 0.462. The molecule has 2 aliphatic rings.